The predicted molar refractivity (Wildman–Crippen MR) is 82.2 cm³/mol. The molecule has 0 unspecified atom stereocenters. The number of nitrogens with two attached hydrogens (primary N) is 1. The van der Waals surface area contributed by atoms with Gasteiger partial charge in [0.15, 0.2) is 0 Å². The molecule has 0 radical (unpaired) electrons. The Bertz CT molecular complexity index is 387. The SMILES string of the molecule is Cc1nc(CSC2CCCCC2)sc1C(C)(C)N. The Morgan fingerprint density at radius 2 is 2.00 bits per heavy atom. The number of thiazole rings is 1. The van der Waals surface area contributed by atoms with Crippen LogP contribution in [0.15, 0.2) is 0 Å². The number of thioether (sulfide) groups is 1. The third-order valence-electron chi connectivity index (χ3n) is 3.42. The Morgan fingerprint density at radius 3 is 2.56 bits per heavy atom. The van der Waals surface area contributed by atoms with Crippen LogP contribution in [0.2, 0.25) is 0 Å². The van der Waals surface area contributed by atoms with E-state index in [2.05, 4.69) is 37.5 Å². The summed E-state index contributed by atoms with van der Waals surface area (Å²) < 4.78 is 0. The lowest BCUT2D eigenvalue weighted by Crippen LogP contribution is -2.28. The van der Waals surface area contributed by atoms with Gasteiger partial charge < -0.3 is 5.73 Å². The molecule has 0 atom stereocenters. The molecule has 0 bridgehead atoms. The average Bonchev–Trinajstić information content (AvgIpc) is 2.69. The third kappa shape index (κ3) is 3.72. The van der Waals surface area contributed by atoms with E-state index in [-0.39, 0.29) is 5.54 Å². The fraction of sp³-hybridized carbons (Fsp3) is 0.786. The minimum atomic E-state index is -0.254. The molecular weight excluding hydrogens is 260 g/mol. The van der Waals surface area contributed by atoms with Crippen LogP contribution >= 0.6 is 23.1 Å². The first-order valence-corrected chi connectivity index (χ1v) is 8.70. The molecule has 1 aliphatic carbocycles. The molecule has 0 spiro atoms. The van der Waals surface area contributed by atoms with Gasteiger partial charge in [-0.3, -0.25) is 0 Å². The molecule has 2 nitrogen and oxygen atoms in total. The van der Waals surface area contributed by atoms with Crippen molar-refractivity contribution in [2.75, 3.05) is 0 Å². The summed E-state index contributed by atoms with van der Waals surface area (Å²) in [6.45, 7) is 6.20. The fourth-order valence-corrected chi connectivity index (χ4v) is 4.96. The molecule has 2 rings (SSSR count). The summed E-state index contributed by atoms with van der Waals surface area (Å²) in [6, 6.07) is 0. The standard InChI is InChI=1S/C14H24N2S2/c1-10-13(14(2,3)15)18-12(16-10)9-17-11-7-5-4-6-8-11/h11H,4-9,15H2,1-3H3. The summed E-state index contributed by atoms with van der Waals surface area (Å²) in [5, 5.41) is 2.11. The maximum absolute atomic E-state index is 6.17. The Balaban J connectivity index is 1.93. The van der Waals surface area contributed by atoms with Crippen molar-refractivity contribution in [1.82, 2.24) is 4.98 Å². The third-order valence-corrected chi connectivity index (χ3v) is 6.48. The second kappa shape index (κ2) is 5.93. The molecule has 18 heavy (non-hydrogen) atoms. The minimum absolute atomic E-state index is 0.254. The van der Waals surface area contributed by atoms with E-state index in [0.29, 0.717) is 0 Å². The first-order chi connectivity index (χ1) is 8.47. The maximum atomic E-state index is 6.17. The number of rotatable bonds is 4. The van der Waals surface area contributed by atoms with E-state index in [1.807, 2.05) is 0 Å². The van der Waals surface area contributed by atoms with Gasteiger partial charge in [-0.05, 0) is 33.6 Å². The second-order valence-electron chi connectivity index (χ2n) is 5.81. The lowest BCUT2D eigenvalue weighted by atomic mass is 10.0. The monoisotopic (exact) mass is 284 g/mol. The summed E-state index contributed by atoms with van der Waals surface area (Å²) in [4.78, 5) is 5.92. The predicted octanol–water partition coefficient (Wildman–Crippen LogP) is 4.21. The highest BCUT2D eigenvalue weighted by Crippen LogP contribution is 2.34. The molecule has 0 aliphatic heterocycles. The number of nitrogens with zero attached hydrogens (tertiary/aromatic N) is 1. The molecule has 1 saturated carbocycles. The van der Waals surface area contributed by atoms with Gasteiger partial charge in [0.25, 0.3) is 0 Å². The van der Waals surface area contributed by atoms with Crippen molar-refractivity contribution in [1.29, 1.82) is 0 Å². The van der Waals surface area contributed by atoms with E-state index in [1.165, 1.54) is 42.0 Å². The lowest BCUT2D eigenvalue weighted by Gasteiger charge is -2.20. The van der Waals surface area contributed by atoms with Crippen LogP contribution in [0.5, 0.6) is 0 Å². The molecule has 1 aromatic heterocycles. The van der Waals surface area contributed by atoms with Crippen molar-refractivity contribution < 1.29 is 0 Å². The van der Waals surface area contributed by atoms with E-state index < -0.39 is 0 Å². The van der Waals surface area contributed by atoms with Crippen molar-refractivity contribution in [3.05, 3.63) is 15.6 Å². The average molecular weight is 284 g/mol. The highest BCUT2D eigenvalue weighted by Gasteiger charge is 2.22. The smallest absolute Gasteiger partial charge is 0.103 e. The van der Waals surface area contributed by atoms with Crippen molar-refractivity contribution in [2.24, 2.45) is 5.73 Å². The summed E-state index contributed by atoms with van der Waals surface area (Å²) in [7, 11) is 0. The van der Waals surface area contributed by atoms with Gasteiger partial charge in [0.05, 0.1) is 5.69 Å². The van der Waals surface area contributed by atoms with Gasteiger partial charge in [-0.25, -0.2) is 4.98 Å². The van der Waals surface area contributed by atoms with Crippen LogP contribution in [-0.2, 0) is 11.3 Å². The molecule has 1 heterocycles. The van der Waals surface area contributed by atoms with Crippen LogP contribution in [0.3, 0.4) is 0 Å². The van der Waals surface area contributed by atoms with Gasteiger partial charge in [0.2, 0.25) is 0 Å². The fourth-order valence-electron chi connectivity index (χ4n) is 2.53. The summed E-state index contributed by atoms with van der Waals surface area (Å²) >= 11 is 3.89. The highest BCUT2D eigenvalue weighted by atomic mass is 32.2. The second-order valence-corrected chi connectivity index (χ2v) is 8.19. The van der Waals surface area contributed by atoms with E-state index in [0.717, 1.165) is 16.7 Å². The number of aromatic nitrogens is 1. The van der Waals surface area contributed by atoms with Crippen LogP contribution in [-0.4, -0.2) is 10.2 Å². The largest absolute Gasteiger partial charge is 0.321 e. The molecule has 2 N–H and O–H groups in total. The van der Waals surface area contributed by atoms with Gasteiger partial charge in [-0.1, -0.05) is 19.3 Å². The van der Waals surface area contributed by atoms with Crippen LogP contribution in [0.1, 0.15) is 61.5 Å². The Labute approximate surface area is 119 Å². The Morgan fingerprint density at radius 1 is 1.33 bits per heavy atom. The molecule has 1 aliphatic rings. The zero-order valence-corrected chi connectivity index (χ0v) is 13.3. The van der Waals surface area contributed by atoms with Crippen LogP contribution in [0, 0.1) is 6.92 Å². The molecule has 0 amide bonds. The molecule has 102 valence electrons. The minimum Gasteiger partial charge on any atom is -0.321 e. The normalized spacial score (nSPS) is 18.2. The number of aryl methyl sites for hydroxylation is 1. The molecule has 1 fully saturated rings. The zero-order valence-electron chi connectivity index (χ0n) is 11.7. The van der Waals surface area contributed by atoms with Gasteiger partial charge in [-0.15, -0.1) is 11.3 Å². The molecule has 0 saturated heterocycles. The Hall–Kier alpha value is -0.0600. The first kappa shape index (κ1) is 14.4. The Kier molecular flexibility index (Phi) is 4.73. The van der Waals surface area contributed by atoms with Gasteiger partial charge in [0.1, 0.15) is 5.01 Å². The summed E-state index contributed by atoms with van der Waals surface area (Å²) in [5.41, 5.74) is 7.04. The van der Waals surface area contributed by atoms with Gasteiger partial charge in [-0.2, -0.15) is 11.8 Å². The molecule has 0 aromatic carbocycles. The van der Waals surface area contributed by atoms with Gasteiger partial charge in [0, 0.05) is 21.4 Å². The van der Waals surface area contributed by atoms with E-state index in [1.54, 1.807) is 11.3 Å². The van der Waals surface area contributed by atoms with Crippen LogP contribution < -0.4 is 5.73 Å². The lowest BCUT2D eigenvalue weighted by molar-refractivity contribution is 0.516. The summed E-state index contributed by atoms with van der Waals surface area (Å²) in [5.74, 6) is 1.06. The summed E-state index contributed by atoms with van der Waals surface area (Å²) in [6.07, 6.45) is 7.04. The number of hydrogen-bond acceptors (Lipinski definition) is 4. The van der Waals surface area contributed by atoms with Crippen molar-refractivity contribution in [3.8, 4) is 0 Å². The van der Waals surface area contributed by atoms with Crippen LogP contribution in [0.25, 0.3) is 0 Å². The van der Waals surface area contributed by atoms with Gasteiger partial charge >= 0.3 is 0 Å². The van der Waals surface area contributed by atoms with Crippen molar-refractivity contribution in [2.45, 2.75) is 69.4 Å². The molecule has 1 aromatic rings. The molecular formula is C14H24N2S2. The van der Waals surface area contributed by atoms with Crippen molar-refractivity contribution >= 4 is 23.1 Å². The quantitative estimate of drug-likeness (QED) is 0.900. The maximum Gasteiger partial charge on any atom is 0.103 e. The van der Waals surface area contributed by atoms with Crippen LogP contribution in [0.4, 0.5) is 0 Å². The van der Waals surface area contributed by atoms with E-state index >= 15 is 0 Å². The highest BCUT2D eigenvalue weighted by molar-refractivity contribution is 7.99. The topological polar surface area (TPSA) is 38.9 Å². The number of hydrogen-bond donors (Lipinski definition) is 1. The first-order valence-electron chi connectivity index (χ1n) is 6.84. The molecule has 4 heteroatoms. The van der Waals surface area contributed by atoms with E-state index in [9.17, 15) is 0 Å². The van der Waals surface area contributed by atoms with E-state index in [4.69, 9.17) is 5.73 Å². The zero-order chi connectivity index (χ0) is 13.2. The van der Waals surface area contributed by atoms with Crippen molar-refractivity contribution in [3.63, 3.8) is 0 Å².